The number of aliphatic hydroxyl groups is 1. The second kappa shape index (κ2) is 7.98. The molecule has 0 aliphatic rings. The number of quaternary nitrogens is 1. The number of nitrogens with two attached hydrogens (primary N) is 1. The lowest BCUT2D eigenvalue weighted by molar-refractivity contribution is -0.671. The molecule has 0 saturated carbocycles. The molecular weight excluding hydrogens is 274 g/mol. The minimum absolute atomic E-state index is 0.219. The molecule has 20 heavy (non-hydrogen) atoms. The molecule has 108 valence electrons. The molecule has 2 aromatic rings. The van der Waals surface area contributed by atoms with Gasteiger partial charge in [0.1, 0.15) is 6.54 Å². The Bertz CT molecular complexity index is 531. The van der Waals surface area contributed by atoms with Gasteiger partial charge in [-0.25, -0.2) is 4.68 Å². The Morgan fingerprint density at radius 2 is 2.10 bits per heavy atom. The topological polar surface area (TPSA) is 80.4 Å². The summed E-state index contributed by atoms with van der Waals surface area (Å²) in [5, 5.41) is 23.2. The van der Waals surface area contributed by atoms with Crippen molar-refractivity contribution in [3.05, 3.63) is 35.4 Å². The average Bonchev–Trinajstić information content (AvgIpc) is 2.86. The summed E-state index contributed by atoms with van der Waals surface area (Å²) in [7, 11) is 1.85. The average molecular weight is 294 g/mol. The Morgan fingerprint density at radius 3 is 2.80 bits per heavy atom. The molecule has 0 fully saturated rings. The quantitative estimate of drug-likeness (QED) is 0.511. The fourth-order valence-corrected chi connectivity index (χ4v) is 2.77. The molecular formula is C13H20N5OS+. The van der Waals surface area contributed by atoms with E-state index in [9.17, 15) is 0 Å². The summed E-state index contributed by atoms with van der Waals surface area (Å²) < 4.78 is 1.69. The lowest BCUT2D eigenvalue weighted by Crippen LogP contribution is -2.83. The highest BCUT2D eigenvalue weighted by Gasteiger charge is 2.06. The number of nitrogens with zero attached hydrogens (tertiary/aromatic N) is 4. The molecule has 0 radical (unpaired) electrons. The van der Waals surface area contributed by atoms with Gasteiger partial charge >= 0.3 is 0 Å². The standard InChI is InChI=1S/C13H19N5OS/c1-18-13(15-16-17-18)20-9-6-11-4-2-3-5-12(11)10-14-7-8-19/h2-5,14,19H,6-10H2,1H3/p+1. The first-order valence-electron chi connectivity index (χ1n) is 6.65. The molecule has 0 aliphatic carbocycles. The molecule has 1 aromatic carbocycles. The van der Waals surface area contributed by atoms with Crippen LogP contribution in [0.15, 0.2) is 29.4 Å². The van der Waals surface area contributed by atoms with E-state index in [0.29, 0.717) is 0 Å². The van der Waals surface area contributed by atoms with Gasteiger partial charge in [-0.2, -0.15) is 0 Å². The molecule has 0 unspecified atom stereocenters. The number of rotatable bonds is 8. The third-order valence-electron chi connectivity index (χ3n) is 3.00. The first-order chi connectivity index (χ1) is 9.81. The Morgan fingerprint density at radius 1 is 1.30 bits per heavy atom. The van der Waals surface area contributed by atoms with Crippen LogP contribution < -0.4 is 5.32 Å². The Hall–Kier alpha value is -1.44. The number of aromatic nitrogens is 4. The van der Waals surface area contributed by atoms with Crippen molar-refractivity contribution < 1.29 is 10.4 Å². The molecule has 1 aromatic heterocycles. The number of thioether (sulfide) groups is 1. The van der Waals surface area contributed by atoms with Gasteiger partial charge in [-0.05, 0) is 22.4 Å². The van der Waals surface area contributed by atoms with Crippen molar-refractivity contribution in [2.75, 3.05) is 18.9 Å². The lowest BCUT2D eigenvalue weighted by atomic mass is 10.1. The zero-order chi connectivity index (χ0) is 14.2. The van der Waals surface area contributed by atoms with Gasteiger partial charge in [-0.15, -0.1) is 5.10 Å². The SMILES string of the molecule is Cn1nnnc1SCCc1ccccc1C[NH2+]CCO. The van der Waals surface area contributed by atoms with E-state index in [2.05, 4.69) is 45.1 Å². The van der Waals surface area contributed by atoms with Gasteiger partial charge in [-0.3, -0.25) is 0 Å². The first kappa shape index (κ1) is 15.0. The lowest BCUT2D eigenvalue weighted by Gasteiger charge is -2.08. The minimum atomic E-state index is 0.219. The fourth-order valence-electron chi connectivity index (χ4n) is 1.95. The molecule has 0 atom stereocenters. The van der Waals surface area contributed by atoms with Crippen molar-refractivity contribution in [2.24, 2.45) is 7.05 Å². The van der Waals surface area contributed by atoms with E-state index in [1.54, 1.807) is 16.4 Å². The molecule has 1 heterocycles. The summed E-state index contributed by atoms with van der Waals surface area (Å²) in [6.45, 7) is 1.87. The highest BCUT2D eigenvalue weighted by Crippen LogP contribution is 2.16. The van der Waals surface area contributed by atoms with E-state index in [1.165, 1.54) is 11.1 Å². The molecule has 2 rings (SSSR count). The van der Waals surface area contributed by atoms with E-state index in [-0.39, 0.29) is 6.61 Å². The molecule has 0 aliphatic heterocycles. The number of hydrogen-bond acceptors (Lipinski definition) is 5. The molecule has 0 saturated heterocycles. The maximum Gasteiger partial charge on any atom is 0.209 e. The Balaban J connectivity index is 1.87. The van der Waals surface area contributed by atoms with Gasteiger partial charge in [0.25, 0.3) is 0 Å². The largest absolute Gasteiger partial charge is 0.391 e. The Labute approximate surface area is 122 Å². The van der Waals surface area contributed by atoms with Gasteiger partial charge in [-0.1, -0.05) is 36.0 Å². The van der Waals surface area contributed by atoms with Crippen LogP contribution in [-0.2, 0) is 20.0 Å². The zero-order valence-electron chi connectivity index (χ0n) is 11.6. The predicted molar refractivity (Wildman–Crippen MR) is 77.3 cm³/mol. The molecule has 7 heteroatoms. The summed E-state index contributed by atoms with van der Waals surface area (Å²) in [6.07, 6.45) is 0.987. The first-order valence-corrected chi connectivity index (χ1v) is 7.64. The summed E-state index contributed by atoms with van der Waals surface area (Å²) in [5.74, 6) is 0.950. The van der Waals surface area contributed by atoms with Crippen LogP contribution in [0.4, 0.5) is 0 Å². The molecule has 0 bridgehead atoms. The number of tetrazole rings is 1. The van der Waals surface area contributed by atoms with Crippen LogP contribution in [0.5, 0.6) is 0 Å². The van der Waals surface area contributed by atoms with Gasteiger partial charge < -0.3 is 10.4 Å². The maximum absolute atomic E-state index is 8.83. The van der Waals surface area contributed by atoms with Gasteiger partial charge in [0, 0.05) is 18.4 Å². The fraction of sp³-hybridized carbons (Fsp3) is 0.462. The normalized spacial score (nSPS) is 10.9. The number of aryl methyl sites for hydroxylation is 2. The van der Waals surface area contributed by atoms with Gasteiger partial charge in [0.2, 0.25) is 5.16 Å². The highest BCUT2D eigenvalue weighted by molar-refractivity contribution is 7.99. The third-order valence-corrected chi connectivity index (χ3v) is 4.01. The van der Waals surface area contributed by atoms with E-state index in [4.69, 9.17) is 5.11 Å². The summed E-state index contributed by atoms with van der Waals surface area (Å²) in [4.78, 5) is 0. The van der Waals surface area contributed by atoms with Crippen LogP contribution in [0.2, 0.25) is 0 Å². The van der Waals surface area contributed by atoms with Crippen molar-refractivity contribution in [1.82, 2.24) is 20.2 Å². The minimum Gasteiger partial charge on any atom is -0.391 e. The summed E-state index contributed by atoms with van der Waals surface area (Å²) in [6, 6.07) is 8.44. The summed E-state index contributed by atoms with van der Waals surface area (Å²) in [5.41, 5.74) is 2.68. The van der Waals surface area contributed by atoms with Crippen LogP contribution in [0.3, 0.4) is 0 Å². The van der Waals surface area contributed by atoms with Crippen LogP contribution in [-0.4, -0.2) is 44.2 Å². The summed E-state index contributed by atoms with van der Waals surface area (Å²) >= 11 is 1.66. The number of benzene rings is 1. The zero-order valence-corrected chi connectivity index (χ0v) is 12.4. The van der Waals surface area contributed by atoms with Gasteiger partial charge in [0.05, 0.1) is 13.2 Å². The predicted octanol–water partition coefficient (Wildman–Crippen LogP) is -0.399. The third kappa shape index (κ3) is 4.29. The van der Waals surface area contributed by atoms with E-state index in [1.807, 2.05) is 7.05 Å². The van der Waals surface area contributed by atoms with Crippen molar-refractivity contribution in [3.8, 4) is 0 Å². The number of aliphatic hydroxyl groups excluding tert-OH is 1. The van der Waals surface area contributed by atoms with Crippen LogP contribution >= 0.6 is 11.8 Å². The Kier molecular flexibility index (Phi) is 5.97. The van der Waals surface area contributed by atoms with Crippen molar-refractivity contribution in [1.29, 1.82) is 0 Å². The molecule has 3 N–H and O–H groups in total. The van der Waals surface area contributed by atoms with E-state index in [0.717, 1.165) is 30.4 Å². The van der Waals surface area contributed by atoms with Crippen LogP contribution in [0.1, 0.15) is 11.1 Å². The highest BCUT2D eigenvalue weighted by atomic mass is 32.2. The van der Waals surface area contributed by atoms with Crippen molar-refractivity contribution in [2.45, 2.75) is 18.1 Å². The molecule has 6 nitrogen and oxygen atoms in total. The van der Waals surface area contributed by atoms with E-state index < -0.39 is 0 Å². The van der Waals surface area contributed by atoms with Crippen molar-refractivity contribution in [3.63, 3.8) is 0 Å². The van der Waals surface area contributed by atoms with E-state index >= 15 is 0 Å². The monoisotopic (exact) mass is 294 g/mol. The van der Waals surface area contributed by atoms with Crippen LogP contribution in [0, 0.1) is 0 Å². The van der Waals surface area contributed by atoms with Crippen molar-refractivity contribution >= 4 is 11.8 Å². The molecule has 0 amide bonds. The van der Waals surface area contributed by atoms with Crippen LogP contribution in [0.25, 0.3) is 0 Å². The second-order valence-corrected chi connectivity index (χ2v) is 5.52. The number of hydrogen-bond donors (Lipinski definition) is 2. The smallest absolute Gasteiger partial charge is 0.209 e. The maximum atomic E-state index is 8.83. The second-order valence-electron chi connectivity index (χ2n) is 4.46. The molecule has 0 spiro atoms. The van der Waals surface area contributed by atoms with Gasteiger partial charge in [0.15, 0.2) is 0 Å².